The average molecular weight is 341 g/mol. The van der Waals surface area contributed by atoms with Crippen LogP contribution >= 0.6 is 11.6 Å². The van der Waals surface area contributed by atoms with Gasteiger partial charge in [0.15, 0.2) is 0 Å². The molecule has 7 heteroatoms. The molecule has 126 valence electrons. The second kappa shape index (κ2) is 7.38. The van der Waals surface area contributed by atoms with Crippen molar-refractivity contribution in [3.63, 3.8) is 0 Å². The molecule has 1 saturated heterocycles. The minimum absolute atomic E-state index is 0.0723. The van der Waals surface area contributed by atoms with Crippen molar-refractivity contribution in [3.8, 4) is 5.75 Å². The molecule has 1 aliphatic heterocycles. The van der Waals surface area contributed by atoms with Gasteiger partial charge in [0, 0.05) is 11.1 Å². The van der Waals surface area contributed by atoms with Crippen LogP contribution in [0.25, 0.3) is 0 Å². The van der Waals surface area contributed by atoms with Crippen LogP contribution in [0, 0.1) is 0 Å². The molecule has 1 saturated carbocycles. The number of hydrogen-bond donors (Lipinski definition) is 2. The van der Waals surface area contributed by atoms with E-state index in [1.54, 1.807) is 25.3 Å². The van der Waals surface area contributed by atoms with Crippen molar-refractivity contribution in [3.05, 3.63) is 23.2 Å². The van der Waals surface area contributed by atoms with Gasteiger partial charge in [-0.1, -0.05) is 11.6 Å². The summed E-state index contributed by atoms with van der Waals surface area (Å²) in [6.07, 6.45) is 2.78. The van der Waals surface area contributed by atoms with Crippen molar-refractivity contribution < 1.29 is 19.0 Å². The first kappa shape index (κ1) is 16.4. The van der Waals surface area contributed by atoms with Crippen LogP contribution in [0.1, 0.15) is 19.3 Å². The molecule has 0 spiro atoms. The molecular weight excluding hydrogens is 320 g/mol. The summed E-state index contributed by atoms with van der Waals surface area (Å²) in [5.41, 5.74) is 0.545. The van der Waals surface area contributed by atoms with Gasteiger partial charge in [0.25, 0.3) is 0 Å². The number of methoxy groups -OCH3 is 1. The van der Waals surface area contributed by atoms with Crippen molar-refractivity contribution in [1.82, 2.24) is 5.32 Å². The molecule has 2 N–H and O–H groups in total. The summed E-state index contributed by atoms with van der Waals surface area (Å²) in [4.78, 5) is 12.2. The van der Waals surface area contributed by atoms with Crippen LogP contribution in [-0.2, 0) is 9.47 Å². The number of carbonyl (C=O) groups is 1. The van der Waals surface area contributed by atoms with Crippen LogP contribution in [0.3, 0.4) is 0 Å². The van der Waals surface area contributed by atoms with Crippen molar-refractivity contribution in [1.29, 1.82) is 0 Å². The van der Waals surface area contributed by atoms with Gasteiger partial charge in [0.05, 0.1) is 38.2 Å². The molecular formula is C16H21ClN2O4. The van der Waals surface area contributed by atoms with E-state index in [-0.39, 0.29) is 24.3 Å². The zero-order valence-electron chi connectivity index (χ0n) is 13.0. The molecule has 0 aromatic heterocycles. The number of halogens is 1. The molecule has 1 aromatic carbocycles. The van der Waals surface area contributed by atoms with Gasteiger partial charge in [0.2, 0.25) is 0 Å². The topological polar surface area (TPSA) is 68.8 Å². The maximum Gasteiger partial charge on any atom is 0.319 e. The second-order valence-corrected chi connectivity index (χ2v) is 6.21. The maximum atomic E-state index is 12.2. The summed E-state index contributed by atoms with van der Waals surface area (Å²) < 4.78 is 16.6. The first-order chi connectivity index (χ1) is 11.2. The summed E-state index contributed by atoms with van der Waals surface area (Å²) in [6.45, 7) is 1.29. The van der Waals surface area contributed by atoms with E-state index in [0.717, 1.165) is 19.3 Å². The summed E-state index contributed by atoms with van der Waals surface area (Å²) in [5, 5.41) is 6.31. The van der Waals surface area contributed by atoms with Gasteiger partial charge in [-0.05, 0) is 37.5 Å². The summed E-state index contributed by atoms with van der Waals surface area (Å²) in [6, 6.07) is 4.89. The highest BCUT2D eigenvalue weighted by molar-refractivity contribution is 6.31. The number of benzene rings is 1. The standard InChI is InChI=1S/C16H21ClN2O4/c1-21-13-4-2-10(17)8-12(13)19-16(20)18-11-3-5-14-15(9-11)23-7-6-22-14/h2,4,8,11,14-15H,3,5-7,9H2,1H3,(H2,18,19,20). The van der Waals surface area contributed by atoms with E-state index in [2.05, 4.69) is 10.6 Å². The van der Waals surface area contributed by atoms with E-state index in [0.29, 0.717) is 29.7 Å². The lowest BCUT2D eigenvalue weighted by Crippen LogP contribution is -2.50. The zero-order chi connectivity index (χ0) is 16.2. The quantitative estimate of drug-likeness (QED) is 0.887. The molecule has 2 fully saturated rings. The third-order valence-electron chi connectivity index (χ3n) is 4.22. The molecule has 0 bridgehead atoms. The molecule has 1 aromatic rings. The number of carbonyl (C=O) groups excluding carboxylic acids is 1. The Morgan fingerprint density at radius 3 is 2.83 bits per heavy atom. The lowest BCUT2D eigenvalue weighted by Gasteiger charge is -2.39. The van der Waals surface area contributed by atoms with Gasteiger partial charge in [-0.2, -0.15) is 0 Å². The van der Waals surface area contributed by atoms with E-state index in [4.69, 9.17) is 25.8 Å². The minimum Gasteiger partial charge on any atom is -0.495 e. The smallest absolute Gasteiger partial charge is 0.319 e. The highest BCUT2D eigenvalue weighted by Crippen LogP contribution is 2.29. The van der Waals surface area contributed by atoms with Crippen LogP contribution in [0.5, 0.6) is 5.75 Å². The summed E-state index contributed by atoms with van der Waals surface area (Å²) in [7, 11) is 1.55. The number of urea groups is 1. The molecule has 2 aliphatic rings. The van der Waals surface area contributed by atoms with Crippen LogP contribution in [0.2, 0.25) is 5.02 Å². The highest BCUT2D eigenvalue weighted by Gasteiger charge is 2.34. The fourth-order valence-corrected chi connectivity index (χ4v) is 3.29. The first-order valence-corrected chi connectivity index (χ1v) is 8.18. The van der Waals surface area contributed by atoms with Gasteiger partial charge in [-0.3, -0.25) is 0 Å². The Kier molecular flexibility index (Phi) is 5.25. The molecule has 3 unspecified atom stereocenters. The normalized spacial score (nSPS) is 27.0. The Labute approximate surface area is 140 Å². The number of ether oxygens (including phenoxy) is 3. The van der Waals surface area contributed by atoms with Crippen LogP contribution in [-0.4, -0.2) is 44.6 Å². The summed E-state index contributed by atoms with van der Waals surface area (Å²) in [5.74, 6) is 0.567. The number of fused-ring (bicyclic) bond motifs is 1. The fraction of sp³-hybridized carbons (Fsp3) is 0.562. The molecule has 23 heavy (non-hydrogen) atoms. The molecule has 0 radical (unpaired) electrons. The minimum atomic E-state index is -0.272. The molecule has 1 heterocycles. The third kappa shape index (κ3) is 4.07. The third-order valence-corrected chi connectivity index (χ3v) is 4.46. The second-order valence-electron chi connectivity index (χ2n) is 5.77. The number of anilines is 1. The van der Waals surface area contributed by atoms with Crippen LogP contribution < -0.4 is 15.4 Å². The number of nitrogens with one attached hydrogen (secondary N) is 2. The SMILES string of the molecule is COc1ccc(Cl)cc1NC(=O)NC1CCC2OCCOC2C1. The van der Waals surface area contributed by atoms with Gasteiger partial charge in [-0.25, -0.2) is 4.79 Å². The van der Waals surface area contributed by atoms with E-state index in [1.165, 1.54) is 0 Å². The summed E-state index contributed by atoms with van der Waals surface area (Å²) >= 11 is 5.97. The first-order valence-electron chi connectivity index (χ1n) is 7.80. The van der Waals surface area contributed by atoms with E-state index in [9.17, 15) is 4.79 Å². The van der Waals surface area contributed by atoms with Crippen molar-refractivity contribution >= 4 is 23.3 Å². The average Bonchev–Trinajstić information content (AvgIpc) is 2.55. The van der Waals surface area contributed by atoms with Crippen molar-refractivity contribution in [2.45, 2.75) is 37.5 Å². The molecule has 3 rings (SSSR count). The van der Waals surface area contributed by atoms with Gasteiger partial charge >= 0.3 is 6.03 Å². The molecule has 3 atom stereocenters. The molecule has 1 aliphatic carbocycles. The largest absolute Gasteiger partial charge is 0.495 e. The van der Waals surface area contributed by atoms with Gasteiger partial charge in [-0.15, -0.1) is 0 Å². The van der Waals surface area contributed by atoms with E-state index >= 15 is 0 Å². The Bertz CT molecular complexity index is 569. The van der Waals surface area contributed by atoms with Crippen molar-refractivity contribution in [2.24, 2.45) is 0 Å². The fourth-order valence-electron chi connectivity index (χ4n) is 3.12. The Morgan fingerprint density at radius 1 is 1.26 bits per heavy atom. The lowest BCUT2D eigenvalue weighted by molar-refractivity contribution is -0.157. The Morgan fingerprint density at radius 2 is 2.04 bits per heavy atom. The predicted molar refractivity (Wildman–Crippen MR) is 87.3 cm³/mol. The Hall–Kier alpha value is -1.50. The van der Waals surface area contributed by atoms with E-state index in [1.807, 2.05) is 0 Å². The van der Waals surface area contributed by atoms with Gasteiger partial charge < -0.3 is 24.8 Å². The van der Waals surface area contributed by atoms with Crippen molar-refractivity contribution in [2.75, 3.05) is 25.6 Å². The lowest BCUT2D eigenvalue weighted by atomic mass is 9.90. The Balaban J connectivity index is 1.56. The predicted octanol–water partition coefficient (Wildman–Crippen LogP) is 2.81. The monoisotopic (exact) mass is 340 g/mol. The highest BCUT2D eigenvalue weighted by atomic mass is 35.5. The number of amides is 2. The van der Waals surface area contributed by atoms with E-state index < -0.39 is 0 Å². The molecule has 6 nitrogen and oxygen atoms in total. The zero-order valence-corrected chi connectivity index (χ0v) is 13.8. The van der Waals surface area contributed by atoms with Crippen LogP contribution in [0.15, 0.2) is 18.2 Å². The maximum absolute atomic E-state index is 12.2. The molecule has 2 amide bonds. The number of rotatable bonds is 3. The van der Waals surface area contributed by atoms with Gasteiger partial charge in [0.1, 0.15) is 5.75 Å². The number of hydrogen-bond acceptors (Lipinski definition) is 4. The van der Waals surface area contributed by atoms with Crippen LogP contribution in [0.4, 0.5) is 10.5 Å².